The van der Waals surface area contributed by atoms with Crippen LogP contribution in [0.3, 0.4) is 0 Å². The smallest absolute Gasteiger partial charge is 0.339 e. The van der Waals surface area contributed by atoms with Crippen LogP contribution < -0.4 is 0 Å². The Hall–Kier alpha value is -2.48. The lowest BCUT2D eigenvalue weighted by molar-refractivity contribution is -0.384. The number of methoxy groups -OCH3 is 1. The van der Waals surface area contributed by atoms with E-state index in [0.717, 1.165) is 21.7 Å². The van der Waals surface area contributed by atoms with E-state index in [1.807, 2.05) is 12.1 Å². The van der Waals surface area contributed by atoms with Gasteiger partial charge in [0.15, 0.2) is 0 Å². The van der Waals surface area contributed by atoms with Gasteiger partial charge < -0.3 is 4.74 Å². The van der Waals surface area contributed by atoms with Gasteiger partial charge in [-0.1, -0.05) is 57.3 Å². The summed E-state index contributed by atoms with van der Waals surface area (Å²) in [5, 5.41) is 12.3. The summed E-state index contributed by atoms with van der Waals surface area (Å²) in [6.45, 7) is 0. The second-order valence-corrected chi connectivity index (χ2v) is 7.39. The Morgan fingerprint density at radius 3 is 2.39 bits per heavy atom. The number of aromatic nitrogens is 1. The van der Waals surface area contributed by atoms with Crippen molar-refractivity contribution in [2.45, 2.75) is 0 Å². The van der Waals surface area contributed by atoms with Crippen LogP contribution >= 0.6 is 39.1 Å². The lowest BCUT2D eigenvalue weighted by atomic mass is 10.0. The second-order valence-electron chi connectivity index (χ2n) is 5.66. The summed E-state index contributed by atoms with van der Waals surface area (Å²) < 4.78 is 5.42. The number of hydrogen-bond acceptors (Lipinski definition) is 5. The predicted octanol–water partition coefficient (Wildman–Crippen LogP) is 6.18. The van der Waals surface area contributed by atoms with Gasteiger partial charge in [-0.05, 0) is 23.8 Å². The van der Waals surface area contributed by atoms with E-state index in [9.17, 15) is 14.9 Å². The number of halogens is 3. The molecule has 0 amide bonds. The Bertz CT molecular complexity index is 1110. The maximum atomic E-state index is 11.6. The molecule has 0 fully saturated rings. The normalized spacial score (nSPS) is 10.6. The highest BCUT2D eigenvalue weighted by Crippen LogP contribution is 2.38. The minimum Gasteiger partial charge on any atom is -0.465 e. The van der Waals surface area contributed by atoms with Gasteiger partial charge in [-0.3, -0.25) is 10.1 Å². The Balaban J connectivity index is 2.10. The standard InChI is InChI=1S/C19H11BrCl2N2O4/c1-28-19(25)11-7-17(24(26)27)18(23-9-11)14-4-2-10(6-15(14)21)13-5-3-12(20)8-16(13)22/h2-9H,1H3. The van der Waals surface area contributed by atoms with Gasteiger partial charge in [-0.2, -0.15) is 0 Å². The van der Waals surface area contributed by atoms with E-state index in [1.54, 1.807) is 24.3 Å². The Morgan fingerprint density at radius 2 is 1.79 bits per heavy atom. The number of rotatable bonds is 4. The molecule has 0 saturated carbocycles. The molecule has 28 heavy (non-hydrogen) atoms. The first-order chi connectivity index (χ1) is 13.3. The zero-order valence-corrected chi connectivity index (χ0v) is 17.4. The molecule has 0 aliphatic rings. The third-order valence-corrected chi connectivity index (χ3v) is 5.07. The zero-order chi connectivity index (χ0) is 20.4. The quantitative estimate of drug-likeness (QED) is 0.252. The van der Waals surface area contributed by atoms with Gasteiger partial charge in [0.1, 0.15) is 5.69 Å². The summed E-state index contributed by atoms with van der Waals surface area (Å²) in [5.41, 5.74) is 1.56. The van der Waals surface area contributed by atoms with Crippen molar-refractivity contribution in [2.24, 2.45) is 0 Å². The second kappa shape index (κ2) is 8.26. The fraction of sp³-hybridized carbons (Fsp3) is 0.0526. The molecule has 0 N–H and O–H groups in total. The Kier molecular flexibility index (Phi) is 5.98. The highest BCUT2D eigenvalue weighted by Gasteiger charge is 2.22. The maximum absolute atomic E-state index is 11.6. The van der Waals surface area contributed by atoms with Crippen molar-refractivity contribution in [2.75, 3.05) is 7.11 Å². The number of pyridine rings is 1. The molecule has 142 valence electrons. The average Bonchev–Trinajstić information content (AvgIpc) is 2.67. The molecule has 0 radical (unpaired) electrons. The van der Waals surface area contributed by atoms with Crippen LogP contribution in [0.25, 0.3) is 22.4 Å². The number of benzene rings is 2. The number of carbonyl (C=O) groups is 1. The van der Waals surface area contributed by atoms with Crippen molar-refractivity contribution in [3.63, 3.8) is 0 Å². The van der Waals surface area contributed by atoms with E-state index in [0.29, 0.717) is 10.6 Å². The summed E-state index contributed by atoms with van der Waals surface area (Å²) in [6, 6.07) is 11.6. The Morgan fingerprint density at radius 1 is 1.11 bits per heavy atom. The van der Waals surface area contributed by atoms with Gasteiger partial charge in [0, 0.05) is 32.9 Å². The summed E-state index contributed by atoms with van der Waals surface area (Å²) in [7, 11) is 1.19. The number of carbonyl (C=O) groups excluding carboxylic acids is 1. The molecule has 0 atom stereocenters. The highest BCUT2D eigenvalue weighted by molar-refractivity contribution is 9.10. The van der Waals surface area contributed by atoms with Gasteiger partial charge in [-0.15, -0.1) is 0 Å². The van der Waals surface area contributed by atoms with Crippen molar-refractivity contribution in [1.82, 2.24) is 4.98 Å². The molecule has 0 bridgehead atoms. The molecule has 0 unspecified atom stereocenters. The first kappa shape index (κ1) is 20.3. The summed E-state index contributed by atoms with van der Waals surface area (Å²) in [4.78, 5) is 26.6. The first-order valence-corrected chi connectivity index (χ1v) is 9.35. The molecule has 3 aromatic rings. The molecular formula is C19H11BrCl2N2O4. The van der Waals surface area contributed by atoms with Crippen LogP contribution in [0.15, 0.2) is 53.1 Å². The van der Waals surface area contributed by atoms with E-state index in [4.69, 9.17) is 23.2 Å². The molecule has 0 aliphatic heterocycles. The molecule has 1 heterocycles. The third-order valence-electron chi connectivity index (χ3n) is 3.95. The minimum absolute atomic E-state index is 0.0210. The molecule has 9 heteroatoms. The number of nitro groups is 1. The first-order valence-electron chi connectivity index (χ1n) is 7.80. The topological polar surface area (TPSA) is 82.3 Å². The van der Waals surface area contributed by atoms with E-state index in [2.05, 4.69) is 25.7 Å². The van der Waals surface area contributed by atoms with E-state index in [-0.39, 0.29) is 22.0 Å². The molecule has 2 aromatic carbocycles. The molecule has 0 aliphatic carbocycles. The summed E-state index contributed by atoms with van der Waals surface area (Å²) >= 11 is 16.0. The van der Waals surface area contributed by atoms with Crippen LogP contribution in [0.1, 0.15) is 10.4 Å². The van der Waals surface area contributed by atoms with Gasteiger partial charge in [0.25, 0.3) is 5.69 Å². The number of ether oxygens (including phenoxy) is 1. The van der Waals surface area contributed by atoms with Crippen LogP contribution in [0.4, 0.5) is 5.69 Å². The van der Waals surface area contributed by atoms with Crippen LogP contribution in [-0.4, -0.2) is 23.0 Å². The van der Waals surface area contributed by atoms with E-state index in [1.165, 1.54) is 13.3 Å². The number of nitrogens with zero attached hydrogens (tertiary/aromatic N) is 2. The Labute approximate surface area is 178 Å². The lowest BCUT2D eigenvalue weighted by Crippen LogP contribution is -2.04. The van der Waals surface area contributed by atoms with Crippen LogP contribution in [-0.2, 0) is 4.74 Å². The molecular weight excluding hydrogens is 471 g/mol. The van der Waals surface area contributed by atoms with E-state index >= 15 is 0 Å². The van der Waals surface area contributed by atoms with Crippen LogP contribution in [0.2, 0.25) is 10.0 Å². The van der Waals surface area contributed by atoms with Crippen molar-refractivity contribution < 1.29 is 14.5 Å². The van der Waals surface area contributed by atoms with Crippen LogP contribution in [0, 0.1) is 10.1 Å². The maximum Gasteiger partial charge on any atom is 0.339 e. The van der Waals surface area contributed by atoms with Gasteiger partial charge in [-0.25, -0.2) is 9.78 Å². The minimum atomic E-state index is -0.714. The fourth-order valence-corrected chi connectivity index (χ4v) is 3.68. The lowest BCUT2D eigenvalue weighted by Gasteiger charge is -2.10. The third kappa shape index (κ3) is 4.01. The molecule has 6 nitrogen and oxygen atoms in total. The average molecular weight is 482 g/mol. The van der Waals surface area contributed by atoms with Crippen LogP contribution in [0.5, 0.6) is 0 Å². The number of esters is 1. The van der Waals surface area contributed by atoms with Gasteiger partial charge >= 0.3 is 5.97 Å². The van der Waals surface area contributed by atoms with Crippen molar-refractivity contribution >= 4 is 50.8 Å². The molecule has 0 spiro atoms. The largest absolute Gasteiger partial charge is 0.465 e. The predicted molar refractivity (Wildman–Crippen MR) is 111 cm³/mol. The van der Waals surface area contributed by atoms with Crippen molar-refractivity contribution in [3.8, 4) is 22.4 Å². The monoisotopic (exact) mass is 480 g/mol. The zero-order valence-electron chi connectivity index (χ0n) is 14.3. The molecule has 3 rings (SSSR count). The summed E-state index contributed by atoms with van der Waals surface area (Å²) in [6.07, 6.45) is 1.21. The van der Waals surface area contributed by atoms with Crippen molar-refractivity contribution in [1.29, 1.82) is 0 Å². The number of hydrogen-bond donors (Lipinski definition) is 0. The molecule has 1 aromatic heterocycles. The van der Waals surface area contributed by atoms with Gasteiger partial charge in [0.2, 0.25) is 0 Å². The SMILES string of the molecule is COC(=O)c1cnc(-c2ccc(-c3ccc(Br)cc3Cl)cc2Cl)c([N+](=O)[O-])c1. The highest BCUT2D eigenvalue weighted by atomic mass is 79.9. The van der Waals surface area contributed by atoms with E-state index < -0.39 is 10.9 Å². The van der Waals surface area contributed by atoms with Gasteiger partial charge in [0.05, 0.1) is 22.6 Å². The van der Waals surface area contributed by atoms with Crippen molar-refractivity contribution in [3.05, 3.63) is 78.9 Å². The fourth-order valence-electron chi connectivity index (χ4n) is 2.63. The summed E-state index contributed by atoms with van der Waals surface area (Å²) in [5.74, 6) is -0.714. The molecule has 0 saturated heterocycles.